The molecule has 1 rings (SSSR count). The van der Waals surface area contributed by atoms with Crippen molar-refractivity contribution in [1.29, 1.82) is 0 Å². The van der Waals surface area contributed by atoms with E-state index in [2.05, 4.69) is 38.1 Å². The quantitative estimate of drug-likeness (QED) is 0.309. The molecule has 0 spiro atoms. The number of unbranched alkanes of at least 4 members (excludes halogenated alkanes) is 1. The maximum atomic E-state index is 5.57. The van der Waals surface area contributed by atoms with E-state index in [1.165, 1.54) is 5.56 Å². The SMILES string of the molecule is CCCCO/C=C(\C)c1ccc(/C(C)=C/OCCOCCOC(C)C)cc1. The lowest BCUT2D eigenvalue weighted by Crippen LogP contribution is -2.11. The first kappa shape index (κ1) is 23.3. The summed E-state index contributed by atoms with van der Waals surface area (Å²) >= 11 is 0. The highest BCUT2D eigenvalue weighted by atomic mass is 16.5. The normalized spacial score (nSPS) is 12.5. The molecule has 1 aromatic carbocycles. The van der Waals surface area contributed by atoms with Gasteiger partial charge in [-0.1, -0.05) is 37.6 Å². The average molecular weight is 377 g/mol. The number of hydrogen-bond acceptors (Lipinski definition) is 4. The summed E-state index contributed by atoms with van der Waals surface area (Å²) in [5.74, 6) is 0. The van der Waals surface area contributed by atoms with Crippen LogP contribution in [-0.4, -0.2) is 39.1 Å². The molecular formula is C23H36O4. The second kappa shape index (κ2) is 14.3. The Kier molecular flexibility index (Phi) is 12.3. The van der Waals surface area contributed by atoms with Gasteiger partial charge < -0.3 is 18.9 Å². The van der Waals surface area contributed by atoms with Crippen LogP contribution < -0.4 is 0 Å². The summed E-state index contributed by atoms with van der Waals surface area (Å²) in [6.45, 7) is 13.4. The molecule has 0 saturated carbocycles. The van der Waals surface area contributed by atoms with Crippen molar-refractivity contribution in [3.05, 3.63) is 47.9 Å². The van der Waals surface area contributed by atoms with Crippen LogP contribution in [0.15, 0.2) is 36.8 Å². The molecule has 0 unspecified atom stereocenters. The highest BCUT2D eigenvalue weighted by molar-refractivity contribution is 5.68. The molecule has 1 aromatic rings. The number of allylic oxidation sites excluding steroid dienone is 2. The number of ether oxygens (including phenoxy) is 4. The monoisotopic (exact) mass is 376 g/mol. The minimum Gasteiger partial charge on any atom is -0.501 e. The predicted octanol–water partition coefficient (Wildman–Crippen LogP) is 5.68. The molecule has 0 radical (unpaired) electrons. The molecule has 0 bridgehead atoms. The van der Waals surface area contributed by atoms with Crippen LogP contribution in [0.5, 0.6) is 0 Å². The summed E-state index contributed by atoms with van der Waals surface area (Å²) in [6.07, 6.45) is 6.12. The molecule has 0 aliphatic carbocycles. The van der Waals surface area contributed by atoms with Gasteiger partial charge in [0.15, 0.2) is 0 Å². The van der Waals surface area contributed by atoms with Crippen molar-refractivity contribution in [3.8, 4) is 0 Å². The van der Waals surface area contributed by atoms with Gasteiger partial charge in [-0.2, -0.15) is 0 Å². The van der Waals surface area contributed by atoms with Crippen LogP contribution in [0.2, 0.25) is 0 Å². The molecule has 0 aliphatic rings. The second-order valence-electron chi connectivity index (χ2n) is 6.81. The first-order chi connectivity index (χ1) is 13.0. The van der Waals surface area contributed by atoms with Crippen LogP contribution in [0.1, 0.15) is 58.6 Å². The maximum Gasteiger partial charge on any atom is 0.111 e. The zero-order valence-electron chi connectivity index (χ0n) is 17.6. The van der Waals surface area contributed by atoms with Gasteiger partial charge in [0.05, 0.1) is 45.1 Å². The maximum absolute atomic E-state index is 5.57. The van der Waals surface area contributed by atoms with Gasteiger partial charge in [-0.15, -0.1) is 0 Å². The van der Waals surface area contributed by atoms with Crippen molar-refractivity contribution in [3.63, 3.8) is 0 Å². The first-order valence-electron chi connectivity index (χ1n) is 9.91. The molecule has 27 heavy (non-hydrogen) atoms. The molecule has 0 atom stereocenters. The van der Waals surface area contributed by atoms with E-state index in [0.717, 1.165) is 36.2 Å². The van der Waals surface area contributed by atoms with Crippen LogP contribution in [0.3, 0.4) is 0 Å². The van der Waals surface area contributed by atoms with Gasteiger partial charge in [0.1, 0.15) is 6.61 Å². The first-order valence-corrected chi connectivity index (χ1v) is 9.91. The van der Waals surface area contributed by atoms with Crippen LogP contribution in [0.4, 0.5) is 0 Å². The van der Waals surface area contributed by atoms with Gasteiger partial charge in [-0.3, -0.25) is 0 Å². The molecule has 4 heteroatoms. The second-order valence-corrected chi connectivity index (χ2v) is 6.81. The van der Waals surface area contributed by atoms with Crippen LogP contribution in [0, 0.1) is 0 Å². The molecule has 152 valence electrons. The zero-order valence-corrected chi connectivity index (χ0v) is 17.6. The fourth-order valence-corrected chi connectivity index (χ4v) is 2.28. The Morgan fingerprint density at radius 1 is 0.815 bits per heavy atom. The molecule has 0 saturated heterocycles. The van der Waals surface area contributed by atoms with Gasteiger partial charge >= 0.3 is 0 Å². The third-order valence-corrected chi connectivity index (χ3v) is 3.96. The zero-order chi connectivity index (χ0) is 19.9. The van der Waals surface area contributed by atoms with Crippen LogP contribution >= 0.6 is 0 Å². The summed E-state index contributed by atoms with van der Waals surface area (Å²) in [7, 11) is 0. The summed E-state index contributed by atoms with van der Waals surface area (Å²) in [5, 5.41) is 0. The molecule has 0 fully saturated rings. The van der Waals surface area contributed by atoms with Crippen molar-refractivity contribution in [2.24, 2.45) is 0 Å². The van der Waals surface area contributed by atoms with E-state index in [-0.39, 0.29) is 6.10 Å². The van der Waals surface area contributed by atoms with Crippen molar-refractivity contribution in [2.45, 2.75) is 53.6 Å². The van der Waals surface area contributed by atoms with Crippen LogP contribution in [0.25, 0.3) is 11.1 Å². The van der Waals surface area contributed by atoms with Crippen molar-refractivity contribution < 1.29 is 18.9 Å². The van der Waals surface area contributed by atoms with Gasteiger partial charge in [0, 0.05) is 0 Å². The van der Waals surface area contributed by atoms with E-state index in [1.54, 1.807) is 6.26 Å². The van der Waals surface area contributed by atoms with E-state index in [9.17, 15) is 0 Å². The predicted molar refractivity (Wildman–Crippen MR) is 112 cm³/mol. The van der Waals surface area contributed by atoms with Gasteiger partial charge in [-0.05, 0) is 56.4 Å². The van der Waals surface area contributed by atoms with Crippen molar-refractivity contribution >= 4 is 11.1 Å². The molecular weight excluding hydrogens is 340 g/mol. The Morgan fingerprint density at radius 3 is 1.85 bits per heavy atom. The number of rotatable bonds is 14. The van der Waals surface area contributed by atoms with Gasteiger partial charge in [-0.25, -0.2) is 0 Å². The molecule has 0 aliphatic heterocycles. The Bertz CT molecular complexity index is 558. The third-order valence-electron chi connectivity index (χ3n) is 3.96. The lowest BCUT2D eigenvalue weighted by atomic mass is 10.0. The van der Waals surface area contributed by atoms with Crippen LogP contribution in [-0.2, 0) is 18.9 Å². The standard InChI is InChI=1S/C23H36O4/c1-6-7-12-25-17-20(4)22-8-10-23(11-9-22)21(5)18-26-14-13-24-15-16-27-19(2)3/h8-11,17-19H,6-7,12-16H2,1-5H3/b20-17+,21-18+. The van der Waals surface area contributed by atoms with E-state index >= 15 is 0 Å². The highest BCUT2D eigenvalue weighted by Gasteiger charge is 2.00. The smallest absolute Gasteiger partial charge is 0.111 e. The Labute approximate surface area is 165 Å². The third kappa shape index (κ3) is 10.8. The van der Waals surface area contributed by atoms with Gasteiger partial charge in [0.25, 0.3) is 0 Å². The minimum absolute atomic E-state index is 0.245. The summed E-state index contributed by atoms with van der Waals surface area (Å²) in [4.78, 5) is 0. The van der Waals surface area contributed by atoms with Gasteiger partial charge in [0.2, 0.25) is 0 Å². The molecule has 0 heterocycles. The largest absolute Gasteiger partial charge is 0.501 e. The Balaban J connectivity index is 2.34. The van der Waals surface area contributed by atoms with Crippen molar-refractivity contribution in [1.82, 2.24) is 0 Å². The Morgan fingerprint density at radius 2 is 1.33 bits per heavy atom. The molecule has 0 aromatic heterocycles. The summed E-state index contributed by atoms with van der Waals surface area (Å²) in [6, 6.07) is 8.43. The minimum atomic E-state index is 0.245. The number of benzene rings is 1. The lowest BCUT2D eigenvalue weighted by molar-refractivity contribution is 0.00884. The summed E-state index contributed by atoms with van der Waals surface area (Å²) < 4.78 is 22.0. The van der Waals surface area contributed by atoms with E-state index < -0.39 is 0 Å². The molecule has 0 N–H and O–H groups in total. The topological polar surface area (TPSA) is 36.9 Å². The average Bonchev–Trinajstić information content (AvgIpc) is 2.67. The Hall–Kier alpha value is -1.78. The van der Waals surface area contributed by atoms with E-state index in [1.807, 2.05) is 27.0 Å². The molecule has 4 nitrogen and oxygen atoms in total. The fraction of sp³-hybridized carbons (Fsp3) is 0.565. The molecule has 0 amide bonds. The van der Waals surface area contributed by atoms with E-state index in [0.29, 0.717) is 26.4 Å². The fourth-order valence-electron chi connectivity index (χ4n) is 2.28. The number of hydrogen-bond donors (Lipinski definition) is 0. The lowest BCUT2D eigenvalue weighted by Gasteiger charge is -2.09. The van der Waals surface area contributed by atoms with E-state index in [4.69, 9.17) is 18.9 Å². The van der Waals surface area contributed by atoms with Crippen molar-refractivity contribution in [2.75, 3.05) is 33.0 Å². The summed E-state index contributed by atoms with van der Waals surface area (Å²) in [5.41, 5.74) is 4.53. The highest BCUT2D eigenvalue weighted by Crippen LogP contribution is 2.19.